The molecule has 1 saturated carbocycles. The summed E-state index contributed by atoms with van der Waals surface area (Å²) in [6, 6.07) is 0. The molecule has 0 heterocycles. The van der Waals surface area contributed by atoms with E-state index in [4.69, 9.17) is 0 Å². The van der Waals surface area contributed by atoms with E-state index in [0.29, 0.717) is 39.9 Å². The summed E-state index contributed by atoms with van der Waals surface area (Å²) in [6.45, 7) is 88.5. The van der Waals surface area contributed by atoms with E-state index in [1.807, 2.05) is 96.9 Å². The molecule has 0 spiro atoms. The predicted octanol–water partition coefficient (Wildman–Crippen LogP) is 37.4. The van der Waals surface area contributed by atoms with Crippen LogP contribution in [0.15, 0.2) is 0 Å². The Morgan fingerprint density at radius 1 is 0.283 bits per heavy atom. The molecule has 9 atom stereocenters. The maximum Gasteiger partial charge on any atom is 0.394 e. The molecule has 1 fully saturated rings. The standard InChI is InChI=1S/C11H24.2C10H19F3.2C9H17F3.C8H13F3.3C8H15F3.C8H18/c1-9(2,3)11(7,8)10(4,5)6;1-7(8(2,3)4)9(5,6)10(11,12)13;1-7(2)8(3,4)9(5,6)10(11,12)13;1-6(2)8(4,5)7(3)9(10,11)12;1-6(2)7(3)8(4,5)9(10,11)12;1-6-3-2-4-7(5-6)8(9,10)11;1-6(2)5-7(3,4)8(9,10)11;2*1-5(2)6(3)7(4)8(9,10)11;1-7(2,3)8(4,5)6/h1-8H3;2*7H,1-6H3;2*6-7H,1-5H3;6-7H,2-5H2,1H3;6H,5H2,1-4H3;2*5-7H,1-4H3;1-6H3/t;7-;;;7-;6-,7?;;2*6-,7?;/m.1..11.11./s1. The lowest BCUT2D eigenvalue weighted by molar-refractivity contribution is -0.253. The van der Waals surface area contributed by atoms with Gasteiger partial charge in [0.15, 0.2) is 0 Å². The Bertz CT molecular complexity index is 2360. The van der Waals surface area contributed by atoms with Crippen molar-refractivity contribution in [3.8, 4) is 0 Å². The summed E-state index contributed by atoms with van der Waals surface area (Å²) in [5, 5.41) is 0. The van der Waals surface area contributed by atoms with Gasteiger partial charge in [0.05, 0.1) is 45.3 Å². The van der Waals surface area contributed by atoms with Crippen LogP contribution in [-0.2, 0) is 0 Å². The second-order valence-corrected chi connectivity index (χ2v) is 43.8. The van der Waals surface area contributed by atoms with Crippen LogP contribution in [-0.4, -0.2) is 49.4 Å². The molecule has 0 aromatic heterocycles. The molecule has 0 nitrogen and oxygen atoms in total. The Morgan fingerprint density at radius 2 is 0.575 bits per heavy atom. The highest BCUT2D eigenvalue weighted by molar-refractivity contribution is 4.95. The molecule has 0 aromatic carbocycles. The lowest BCUT2D eigenvalue weighted by Crippen LogP contribution is -2.47. The summed E-state index contributed by atoms with van der Waals surface area (Å²) in [6.07, 6.45) is -30.0. The molecule has 0 N–H and O–H groups in total. The van der Waals surface area contributed by atoms with Gasteiger partial charge in [0.2, 0.25) is 0 Å². The van der Waals surface area contributed by atoms with Crippen LogP contribution in [0.1, 0.15) is 371 Å². The van der Waals surface area contributed by atoms with Crippen LogP contribution in [0.3, 0.4) is 0 Å². The van der Waals surface area contributed by atoms with E-state index in [-0.39, 0.29) is 71.0 Å². The van der Waals surface area contributed by atoms with Crippen LogP contribution in [0.5, 0.6) is 0 Å². The maximum atomic E-state index is 12.7. The van der Waals surface area contributed by atoms with Crippen LogP contribution in [0, 0.1) is 154 Å². The highest BCUT2D eigenvalue weighted by Gasteiger charge is 2.58. The zero-order chi connectivity index (χ0) is 95.2. The van der Waals surface area contributed by atoms with Crippen molar-refractivity contribution in [3.05, 3.63) is 0 Å². The Balaban J connectivity index is -0.000000152. The maximum absolute atomic E-state index is 12.7. The van der Waals surface area contributed by atoms with E-state index < -0.39 is 111 Å². The topological polar surface area (TPSA) is 0 Å². The quantitative estimate of drug-likeness (QED) is 0.161. The van der Waals surface area contributed by atoms with Crippen molar-refractivity contribution in [2.45, 2.75) is 421 Å². The molecule has 696 valence electrons. The van der Waals surface area contributed by atoms with Gasteiger partial charge in [-0.2, -0.15) is 105 Å². The zero-order valence-electron chi connectivity index (χ0n) is 80.3. The van der Waals surface area contributed by atoms with Crippen LogP contribution in [0.4, 0.5) is 105 Å². The molecular weight excluding hydrogens is 1520 g/mol. The van der Waals surface area contributed by atoms with Crippen LogP contribution in [0.25, 0.3) is 0 Å². The first-order valence-electron chi connectivity index (χ1n) is 40.5. The van der Waals surface area contributed by atoms with Gasteiger partial charge >= 0.3 is 49.4 Å². The third kappa shape index (κ3) is 47.4. The van der Waals surface area contributed by atoms with Crippen LogP contribution in [0.2, 0.25) is 0 Å². The summed E-state index contributed by atoms with van der Waals surface area (Å²) in [4.78, 5) is 0. The summed E-state index contributed by atoms with van der Waals surface area (Å²) in [5.41, 5.74) is -6.12. The first-order chi connectivity index (χ1) is 48.0. The Labute approximate surface area is 677 Å². The first kappa shape index (κ1) is 129. The molecule has 1 aliphatic carbocycles. The molecule has 0 radical (unpaired) electrons. The Kier molecular flexibility index (Phi) is 53.3. The molecule has 0 saturated heterocycles. The van der Waals surface area contributed by atoms with Crippen molar-refractivity contribution >= 4 is 0 Å². The van der Waals surface area contributed by atoms with Gasteiger partial charge in [-0.15, -0.1) is 0 Å². The predicted molar refractivity (Wildman–Crippen MR) is 431 cm³/mol. The highest BCUT2D eigenvalue weighted by Crippen LogP contribution is 2.55. The van der Waals surface area contributed by atoms with E-state index >= 15 is 0 Å². The third-order valence-corrected chi connectivity index (χ3v) is 27.6. The second-order valence-electron chi connectivity index (χ2n) is 43.8. The summed E-state index contributed by atoms with van der Waals surface area (Å²) >= 11 is 0. The molecule has 113 heavy (non-hydrogen) atoms. The van der Waals surface area contributed by atoms with Gasteiger partial charge < -0.3 is 0 Å². The number of rotatable bonds is 13. The van der Waals surface area contributed by atoms with Gasteiger partial charge in [0.25, 0.3) is 0 Å². The largest absolute Gasteiger partial charge is 0.394 e. The van der Waals surface area contributed by atoms with E-state index in [0.717, 1.165) is 12.8 Å². The molecule has 1 aliphatic rings. The molecule has 0 aliphatic heterocycles. The molecular formula is C89H172F24. The van der Waals surface area contributed by atoms with E-state index in [9.17, 15) is 105 Å². The van der Waals surface area contributed by atoms with Crippen molar-refractivity contribution < 1.29 is 105 Å². The Morgan fingerprint density at radius 3 is 0.664 bits per heavy atom. The molecule has 0 amide bonds. The number of halogens is 24. The molecule has 0 aromatic rings. The van der Waals surface area contributed by atoms with Crippen LogP contribution >= 0.6 is 0 Å². The zero-order valence-corrected chi connectivity index (χ0v) is 80.3. The average Bonchev–Trinajstić information content (AvgIpc) is 0.775. The summed E-state index contributed by atoms with van der Waals surface area (Å²) < 4.78 is 295. The number of alkyl halides is 24. The lowest BCUT2D eigenvalue weighted by atomic mass is 9.56. The van der Waals surface area contributed by atoms with Crippen molar-refractivity contribution in [2.75, 3.05) is 0 Å². The first-order valence-corrected chi connectivity index (χ1v) is 40.5. The fourth-order valence-electron chi connectivity index (χ4n) is 10.2. The van der Waals surface area contributed by atoms with Crippen LogP contribution < -0.4 is 0 Å². The monoisotopic (exact) mass is 1700 g/mol. The van der Waals surface area contributed by atoms with Gasteiger partial charge in [0.1, 0.15) is 0 Å². The fraction of sp³-hybridized carbons (Fsp3) is 1.00. The second kappa shape index (κ2) is 46.5. The Hall–Kier alpha value is -1.68. The number of hydrogen-bond donors (Lipinski definition) is 0. The molecule has 0 bridgehead atoms. The number of hydrogen-bond acceptors (Lipinski definition) is 0. The van der Waals surface area contributed by atoms with Crippen molar-refractivity contribution in [2.24, 2.45) is 154 Å². The molecule has 4 unspecified atom stereocenters. The summed E-state index contributed by atoms with van der Waals surface area (Å²) in [7, 11) is 0. The van der Waals surface area contributed by atoms with Gasteiger partial charge in [0, 0.05) is 0 Å². The van der Waals surface area contributed by atoms with Crippen molar-refractivity contribution in [3.63, 3.8) is 0 Å². The van der Waals surface area contributed by atoms with Gasteiger partial charge in [-0.1, -0.05) is 352 Å². The van der Waals surface area contributed by atoms with Crippen molar-refractivity contribution in [1.82, 2.24) is 0 Å². The minimum Gasteiger partial charge on any atom is -0.171 e. The average molecular weight is 1700 g/mol. The van der Waals surface area contributed by atoms with E-state index in [2.05, 4.69) is 96.9 Å². The van der Waals surface area contributed by atoms with Gasteiger partial charge in [-0.3, -0.25) is 0 Å². The van der Waals surface area contributed by atoms with E-state index in [1.54, 1.807) is 69.2 Å². The highest BCUT2D eigenvalue weighted by atomic mass is 19.4. The minimum absolute atomic E-state index is 0.00382. The third-order valence-electron chi connectivity index (χ3n) is 27.6. The minimum atomic E-state index is -4.14. The fourth-order valence-corrected chi connectivity index (χ4v) is 10.2. The molecule has 24 heteroatoms. The van der Waals surface area contributed by atoms with E-state index in [1.165, 1.54) is 76.2 Å². The lowest BCUT2D eigenvalue weighted by Gasteiger charge is -2.49. The van der Waals surface area contributed by atoms with Crippen molar-refractivity contribution in [1.29, 1.82) is 0 Å². The summed E-state index contributed by atoms with van der Waals surface area (Å²) in [5.74, 6) is -5.37. The van der Waals surface area contributed by atoms with Gasteiger partial charge in [-0.05, 0) is 128 Å². The molecule has 1 rings (SSSR count). The van der Waals surface area contributed by atoms with Gasteiger partial charge in [-0.25, -0.2) is 0 Å². The normalized spacial score (nSPS) is 18.1. The SMILES string of the molecule is CC(C)(C)C(C)(C)C.CC(C)(C)C(C)(C)C(C)(C)C.CC(C)C(C)(C)C(C)(C)C(F)(F)F.CC(C)C(C)(C)C(C)C(F)(F)F.CC(C)CC(C)(C)C(F)(F)F.CC(C)[C@@H](C)C(C)(C)C(F)(F)F.CC(C)[C@@H](C)C(C)C(F)(F)F.CC(C)[C@@H](C)C(C)C(F)(F)F.C[C@@H]1CCCC(C(F)(F)F)C1.C[C@H](C(C)(C)C)C(C)(C)C(F)(F)F. The smallest absolute Gasteiger partial charge is 0.171 e.